The number of hydrogen-bond donors (Lipinski definition) is 2. The molecule has 0 aliphatic carbocycles. The Balaban J connectivity index is 2.96. The molecule has 0 unspecified atom stereocenters. The van der Waals surface area contributed by atoms with Gasteiger partial charge in [0.2, 0.25) is 0 Å². The molecule has 0 spiro atoms. The van der Waals surface area contributed by atoms with E-state index in [4.69, 9.17) is 5.73 Å². The number of nitrogens with one attached hydrogen (secondary N) is 1. The third kappa shape index (κ3) is 3.82. The Kier molecular flexibility index (Phi) is 5.05. The standard InChI is InChI=1S/C13H16N2O2/c1-15-8-4-3-5-10-6-7-11(14)9-12(10)13(16)17-2/h6-7,9,15H,4,8,14H2,1-2H3. The summed E-state index contributed by atoms with van der Waals surface area (Å²) in [5.74, 6) is 5.50. The second-order valence-electron chi connectivity index (χ2n) is 3.45. The first-order valence-corrected chi connectivity index (χ1v) is 5.30. The van der Waals surface area contributed by atoms with Crippen LogP contribution in [0.4, 0.5) is 5.69 Å². The van der Waals surface area contributed by atoms with E-state index in [2.05, 4.69) is 21.9 Å². The molecule has 0 aliphatic rings. The Morgan fingerprint density at radius 2 is 2.29 bits per heavy atom. The molecule has 90 valence electrons. The van der Waals surface area contributed by atoms with E-state index in [1.807, 2.05) is 7.05 Å². The van der Waals surface area contributed by atoms with Crippen molar-refractivity contribution in [3.63, 3.8) is 0 Å². The van der Waals surface area contributed by atoms with E-state index < -0.39 is 5.97 Å². The highest BCUT2D eigenvalue weighted by molar-refractivity contribution is 5.93. The van der Waals surface area contributed by atoms with E-state index in [9.17, 15) is 4.79 Å². The zero-order valence-corrected chi connectivity index (χ0v) is 10.0. The minimum absolute atomic E-state index is 0.407. The molecule has 0 amide bonds. The number of carbonyl (C=O) groups excluding carboxylic acids is 1. The van der Waals surface area contributed by atoms with Gasteiger partial charge in [-0.15, -0.1) is 0 Å². The van der Waals surface area contributed by atoms with Gasteiger partial charge in [0.1, 0.15) is 0 Å². The third-order valence-corrected chi connectivity index (χ3v) is 2.17. The number of rotatable bonds is 3. The minimum Gasteiger partial charge on any atom is -0.465 e. The summed E-state index contributed by atoms with van der Waals surface area (Å²) in [6, 6.07) is 5.02. The number of nitrogen functional groups attached to an aromatic ring is 1. The highest BCUT2D eigenvalue weighted by Gasteiger charge is 2.10. The first-order chi connectivity index (χ1) is 8.19. The molecule has 4 heteroatoms. The molecule has 0 radical (unpaired) electrons. The quantitative estimate of drug-likeness (QED) is 0.353. The van der Waals surface area contributed by atoms with E-state index >= 15 is 0 Å². The van der Waals surface area contributed by atoms with Gasteiger partial charge in [-0.3, -0.25) is 0 Å². The average Bonchev–Trinajstić information content (AvgIpc) is 2.35. The van der Waals surface area contributed by atoms with Crippen molar-refractivity contribution >= 4 is 11.7 Å². The fourth-order valence-corrected chi connectivity index (χ4v) is 1.29. The average molecular weight is 232 g/mol. The molecule has 1 aromatic rings. The van der Waals surface area contributed by atoms with Gasteiger partial charge in [-0.1, -0.05) is 11.8 Å². The maximum atomic E-state index is 11.5. The highest BCUT2D eigenvalue weighted by Crippen LogP contribution is 2.13. The van der Waals surface area contributed by atoms with Crippen LogP contribution in [-0.4, -0.2) is 26.7 Å². The van der Waals surface area contributed by atoms with Crippen molar-refractivity contribution in [1.29, 1.82) is 0 Å². The van der Waals surface area contributed by atoms with Gasteiger partial charge in [0.15, 0.2) is 0 Å². The Labute approximate surface area is 101 Å². The number of benzene rings is 1. The molecule has 1 aromatic carbocycles. The molecular weight excluding hydrogens is 216 g/mol. The van der Waals surface area contributed by atoms with Gasteiger partial charge in [0.05, 0.1) is 12.7 Å². The molecule has 0 saturated heterocycles. The summed E-state index contributed by atoms with van der Waals surface area (Å²) in [5.41, 5.74) is 7.20. The van der Waals surface area contributed by atoms with Crippen LogP contribution in [-0.2, 0) is 4.74 Å². The van der Waals surface area contributed by atoms with Gasteiger partial charge in [-0.25, -0.2) is 4.79 Å². The van der Waals surface area contributed by atoms with E-state index in [1.54, 1.807) is 18.2 Å². The van der Waals surface area contributed by atoms with E-state index in [0.29, 0.717) is 16.8 Å². The lowest BCUT2D eigenvalue weighted by molar-refractivity contribution is 0.0600. The van der Waals surface area contributed by atoms with Gasteiger partial charge < -0.3 is 15.8 Å². The number of ether oxygens (including phenoxy) is 1. The van der Waals surface area contributed by atoms with Crippen LogP contribution in [0.25, 0.3) is 0 Å². The van der Waals surface area contributed by atoms with Crippen molar-refractivity contribution in [3.8, 4) is 11.8 Å². The zero-order chi connectivity index (χ0) is 12.7. The lowest BCUT2D eigenvalue weighted by Gasteiger charge is -2.03. The van der Waals surface area contributed by atoms with Crippen LogP contribution in [0.15, 0.2) is 18.2 Å². The van der Waals surface area contributed by atoms with Crippen LogP contribution in [0, 0.1) is 11.8 Å². The topological polar surface area (TPSA) is 64.3 Å². The number of nitrogens with two attached hydrogens (primary N) is 1. The Hall–Kier alpha value is -1.99. The highest BCUT2D eigenvalue weighted by atomic mass is 16.5. The summed E-state index contributed by atoms with van der Waals surface area (Å²) < 4.78 is 4.68. The van der Waals surface area contributed by atoms with Crippen LogP contribution in [0.2, 0.25) is 0 Å². The molecule has 0 heterocycles. The van der Waals surface area contributed by atoms with Crippen LogP contribution in [0.3, 0.4) is 0 Å². The number of esters is 1. The van der Waals surface area contributed by atoms with Crippen LogP contribution in [0.5, 0.6) is 0 Å². The summed E-state index contributed by atoms with van der Waals surface area (Å²) in [5, 5.41) is 3.00. The van der Waals surface area contributed by atoms with Crippen molar-refractivity contribution in [2.75, 3.05) is 26.4 Å². The van der Waals surface area contributed by atoms with E-state index in [0.717, 1.165) is 13.0 Å². The molecule has 3 N–H and O–H groups in total. The van der Waals surface area contributed by atoms with Crippen LogP contribution < -0.4 is 11.1 Å². The van der Waals surface area contributed by atoms with Crippen LogP contribution in [0.1, 0.15) is 22.3 Å². The van der Waals surface area contributed by atoms with Crippen LogP contribution >= 0.6 is 0 Å². The Morgan fingerprint density at radius 3 is 2.94 bits per heavy atom. The first-order valence-electron chi connectivity index (χ1n) is 5.30. The minimum atomic E-state index is -0.421. The number of methoxy groups -OCH3 is 1. The summed E-state index contributed by atoms with van der Waals surface area (Å²) in [6.45, 7) is 0.815. The molecule has 0 bridgehead atoms. The lowest BCUT2D eigenvalue weighted by Crippen LogP contribution is -2.06. The molecule has 0 fully saturated rings. The maximum Gasteiger partial charge on any atom is 0.339 e. The molecule has 0 aromatic heterocycles. The predicted molar refractivity (Wildman–Crippen MR) is 67.6 cm³/mol. The molecule has 0 atom stereocenters. The van der Waals surface area contributed by atoms with Crippen molar-refractivity contribution in [2.45, 2.75) is 6.42 Å². The largest absolute Gasteiger partial charge is 0.465 e. The van der Waals surface area contributed by atoms with Gasteiger partial charge in [-0.2, -0.15) is 0 Å². The molecular formula is C13H16N2O2. The number of carbonyl (C=O) groups is 1. The smallest absolute Gasteiger partial charge is 0.339 e. The van der Waals surface area contributed by atoms with Crippen molar-refractivity contribution in [3.05, 3.63) is 29.3 Å². The summed E-state index contributed by atoms with van der Waals surface area (Å²) in [6.07, 6.45) is 0.724. The maximum absolute atomic E-state index is 11.5. The second-order valence-corrected chi connectivity index (χ2v) is 3.45. The fourth-order valence-electron chi connectivity index (χ4n) is 1.29. The van der Waals surface area contributed by atoms with Gasteiger partial charge >= 0.3 is 5.97 Å². The summed E-state index contributed by atoms with van der Waals surface area (Å²) in [4.78, 5) is 11.5. The van der Waals surface area contributed by atoms with E-state index in [-0.39, 0.29) is 0 Å². The lowest BCUT2D eigenvalue weighted by atomic mass is 10.1. The molecule has 1 rings (SSSR count). The normalized spacial score (nSPS) is 9.29. The van der Waals surface area contributed by atoms with Crippen molar-refractivity contribution in [2.24, 2.45) is 0 Å². The summed E-state index contributed by atoms with van der Waals surface area (Å²) >= 11 is 0. The second kappa shape index (κ2) is 6.56. The van der Waals surface area contributed by atoms with Gasteiger partial charge in [0, 0.05) is 24.2 Å². The SMILES string of the molecule is CNCCC#Cc1ccc(N)cc1C(=O)OC. The van der Waals surface area contributed by atoms with Crippen molar-refractivity contribution in [1.82, 2.24) is 5.32 Å². The number of hydrogen-bond acceptors (Lipinski definition) is 4. The predicted octanol–water partition coefficient (Wildman–Crippen LogP) is 1.02. The Bertz CT molecular complexity index is 458. The van der Waals surface area contributed by atoms with Gasteiger partial charge in [0.25, 0.3) is 0 Å². The molecule has 0 aliphatic heterocycles. The zero-order valence-electron chi connectivity index (χ0n) is 10.0. The molecule has 17 heavy (non-hydrogen) atoms. The summed E-state index contributed by atoms with van der Waals surface area (Å²) in [7, 11) is 3.20. The van der Waals surface area contributed by atoms with Crippen molar-refractivity contribution < 1.29 is 9.53 Å². The van der Waals surface area contributed by atoms with E-state index in [1.165, 1.54) is 7.11 Å². The monoisotopic (exact) mass is 232 g/mol. The fraction of sp³-hybridized carbons (Fsp3) is 0.308. The third-order valence-electron chi connectivity index (χ3n) is 2.17. The Morgan fingerprint density at radius 1 is 1.53 bits per heavy atom. The molecule has 4 nitrogen and oxygen atoms in total. The van der Waals surface area contributed by atoms with Gasteiger partial charge in [-0.05, 0) is 25.2 Å². The molecule has 0 saturated carbocycles. The first kappa shape index (κ1) is 13.1. The number of anilines is 1.